The maximum atomic E-state index is 12.6. The fourth-order valence-electron chi connectivity index (χ4n) is 2.01. The number of hydrogen-bond donors (Lipinski definition) is 0. The van der Waals surface area contributed by atoms with Gasteiger partial charge in [0.25, 0.3) is 5.91 Å². The third kappa shape index (κ3) is 3.43. The number of carbonyl (C=O) groups is 1. The van der Waals surface area contributed by atoms with Crippen molar-refractivity contribution in [2.75, 3.05) is 19.0 Å². The number of benzene rings is 1. The third-order valence-corrected chi connectivity index (χ3v) is 4.37. The van der Waals surface area contributed by atoms with Gasteiger partial charge in [-0.25, -0.2) is 0 Å². The summed E-state index contributed by atoms with van der Waals surface area (Å²) in [5.74, 6) is 0.327. The molecule has 3 nitrogen and oxygen atoms in total. The molecule has 0 radical (unpaired) electrons. The number of ether oxygens (including phenoxy) is 1. The van der Waals surface area contributed by atoms with Crippen molar-refractivity contribution < 1.29 is 9.53 Å². The van der Waals surface area contributed by atoms with Crippen LogP contribution < -0.4 is 0 Å². The molecule has 1 aliphatic heterocycles. The van der Waals surface area contributed by atoms with E-state index in [1.165, 1.54) is 0 Å². The fraction of sp³-hybridized carbons (Fsp3) is 0.462. The normalized spacial score (nSPS) is 23.5. The van der Waals surface area contributed by atoms with E-state index in [1.807, 2.05) is 6.92 Å². The first kappa shape index (κ1) is 15.1. The van der Waals surface area contributed by atoms with Crippen LogP contribution in [0.25, 0.3) is 0 Å². The van der Waals surface area contributed by atoms with Crippen molar-refractivity contribution in [1.29, 1.82) is 0 Å². The zero-order chi connectivity index (χ0) is 14.0. The number of nitrogens with zero attached hydrogens (tertiary/aromatic N) is 1. The highest BCUT2D eigenvalue weighted by Crippen LogP contribution is 2.25. The lowest BCUT2D eigenvalue weighted by atomic mass is 10.1. The van der Waals surface area contributed by atoms with Crippen molar-refractivity contribution >= 4 is 45.0 Å². The Morgan fingerprint density at radius 2 is 2.32 bits per heavy atom. The van der Waals surface area contributed by atoms with Gasteiger partial charge in [0, 0.05) is 16.0 Å². The first-order chi connectivity index (χ1) is 9.02. The van der Waals surface area contributed by atoms with Crippen molar-refractivity contribution in [3.63, 3.8) is 0 Å². The molecule has 2 unspecified atom stereocenters. The molecular formula is C13H14BrCl2NO2. The van der Waals surface area contributed by atoms with Crippen LogP contribution >= 0.6 is 39.1 Å². The number of carbonyl (C=O) groups excluding carboxylic acids is 1. The molecule has 0 aromatic heterocycles. The van der Waals surface area contributed by atoms with E-state index < -0.39 is 0 Å². The molecule has 1 heterocycles. The van der Waals surface area contributed by atoms with E-state index in [1.54, 1.807) is 23.1 Å². The van der Waals surface area contributed by atoms with Gasteiger partial charge in [-0.2, -0.15) is 0 Å². The second kappa shape index (κ2) is 6.44. The molecule has 0 bridgehead atoms. The highest BCUT2D eigenvalue weighted by atomic mass is 79.9. The largest absolute Gasteiger partial charge is 0.373 e. The van der Waals surface area contributed by atoms with Gasteiger partial charge in [0.15, 0.2) is 0 Å². The van der Waals surface area contributed by atoms with Crippen LogP contribution in [0.3, 0.4) is 0 Å². The van der Waals surface area contributed by atoms with Gasteiger partial charge in [-0.15, -0.1) is 11.6 Å². The van der Waals surface area contributed by atoms with Crippen LogP contribution in [0.2, 0.25) is 5.02 Å². The van der Waals surface area contributed by atoms with Gasteiger partial charge < -0.3 is 9.64 Å². The first-order valence-corrected chi connectivity index (χ1v) is 7.67. The Morgan fingerprint density at radius 3 is 3.00 bits per heavy atom. The van der Waals surface area contributed by atoms with E-state index in [-0.39, 0.29) is 18.1 Å². The lowest BCUT2D eigenvalue weighted by molar-refractivity contribution is -0.0372. The van der Waals surface area contributed by atoms with Crippen molar-refractivity contribution in [3.05, 3.63) is 33.3 Å². The van der Waals surface area contributed by atoms with Gasteiger partial charge in [0.1, 0.15) is 0 Å². The monoisotopic (exact) mass is 365 g/mol. The molecule has 1 saturated heterocycles. The second-order valence-corrected chi connectivity index (χ2v) is 6.14. The van der Waals surface area contributed by atoms with Crippen LogP contribution in [-0.4, -0.2) is 42.0 Å². The van der Waals surface area contributed by atoms with Crippen LogP contribution in [0.1, 0.15) is 17.3 Å². The Morgan fingerprint density at radius 1 is 1.58 bits per heavy atom. The Hall–Kier alpha value is -0.290. The summed E-state index contributed by atoms with van der Waals surface area (Å²) in [6.45, 7) is 2.96. The number of morpholine rings is 1. The molecule has 1 amide bonds. The van der Waals surface area contributed by atoms with Crippen molar-refractivity contribution in [2.45, 2.75) is 19.1 Å². The molecular weight excluding hydrogens is 353 g/mol. The van der Waals surface area contributed by atoms with E-state index in [0.29, 0.717) is 29.6 Å². The molecule has 6 heteroatoms. The topological polar surface area (TPSA) is 29.5 Å². The number of rotatable bonds is 2. The number of halogens is 3. The molecule has 0 aliphatic carbocycles. The average molecular weight is 367 g/mol. The Labute approximate surface area is 130 Å². The first-order valence-electron chi connectivity index (χ1n) is 5.96. The van der Waals surface area contributed by atoms with Crippen molar-refractivity contribution in [2.24, 2.45) is 0 Å². The van der Waals surface area contributed by atoms with Crippen LogP contribution in [0, 0.1) is 0 Å². The minimum absolute atomic E-state index is 0.0258. The molecule has 0 saturated carbocycles. The van der Waals surface area contributed by atoms with E-state index in [4.69, 9.17) is 27.9 Å². The smallest absolute Gasteiger partial charge is 0.255 e. The van der Waals surface area contributed by atoms with E-state index >= 15 is 0 Å². The molecule has 19 heavy (non-hydrogen) atoms. The third-order valence-electron chi connectivity index (χ3n) is 3.10. The highest BCUT2D eigenvalue weighted by Gasteiger charge is 2.30. The molecule has 104 valence electrons. The Balaban J connectivity index is 2.24. The lowest BCUT2D eigenvalue weighted by Crippen LogP contribution is -2.51. The molecule has 1 aromatic carbocycles. The zero-order valence-electron chi connectivity index (χ0n) is 10.4. The predicted octanol–water partition coefficient (Wildman–Crippen LogP) is 3.57. The molecule has 1 fully saturated rings. The lowest BCUT2D eigenvalue weighted by Gasteiger charge is -2.37. The maximum Gasteiger partial charge on any atom is 0.255 e. The SMILES string of the molecule is CC1COC(CCl)CN1C(=O)c1cc(Cl)ccc1Br. The number of alkyl halides is 1. The molecule has 2 rings (SSSR count). The predicted molar refractivity (Wildman–Crippen MR) is 80.1 cm³/mol. The number of hydrogen-bond acceptors (Lipinski definition) is 2. The van der Waals surface area contributed by atoms with Gasteiger partial charge in [-0.1, -0.05) is 11.6 Å². The minimum Gasteiger partial charge on any atom is -0.373 e. The standard InChI is InChI=1S/C13H14BrCl2NO2/c1-8-7-19-10(5-15)6-17(8)13(18)11-4-9(16)2-3-12(11)14/h2-4,8,10H,5-7H2,1H3. The fourth-order valence-corrected chi connectivity index (χ4v) is 2.78. The van der Waals surface area contributed by atoms with Gasteiger partial charge in [-0.05, 0) is 41.1 Å². The minimum atomic E-state index is -0.111. The quantitative estimate of drug-likeness (QED) is 0.749. The van der Waals surface area contributed by atoms with Crippen LogP contribution in [0.5, 0.6) is 0 Å². The van der Waals surface area contributed by atoms with Crippen molar-refractivity contribution in [1.82, 2.24) is 4.90 Å². The van der Waals surface area contributed by atoms with Crippen LogP contribution in [-0.2, 0) is 4.74 Å². The van der Waals surface area contributed by atoms with Gasteiger partial charge in [0.05, 0.1) is 30.2 Å². The van der Waals surface area contributed by atoms with Crippen molar-refractivity contribution in [3.8, 4) is 0 Å². The van der Waals surface area contributed by atoms with E-state index in [2.05, 4.69) is 15.9 Å². The summed E-state index contributed by atoms with van der Waals surface area (Å²) >= 11 is 15.1. The molecule has 1 aliphatic rings. The summed E-state index contributed by atoms with van der Waals surface area (Å²) in [4.78, 5) is 14.4. The molecule has 0 N–H and O–H groups in total. The Kier molecular flexibility index (Phi) is 5.12. The van der Waals surface area contributed by atoms with Gasteiger partial charge >= 0.3 is 0 Å². The summed E-state index contributed by atoms with van der Waals surface area (Å²) in [5, 5.41) is 0.543. The molecule has 0 spiro atoms. The van der Waals surface area contributed by atoms with E-state index in [0.717, 1.165) is 4.47 Å². The Bertz CT molecular complexity index is 484. The molecule has 2 atom stereocenters. The average Bonchev–Trinajstić information content (AvgIpc) is 2.41. The summed E-state index contributed by atoms with van der Waals surface area (Å²) in [6.07, 6.45) is -0.111. The van der Waals surface area contributed by atoms with Crippen LogP contribution in [0.15, 0.2) is 22.7 Å². The van der Waals surface area contributed by atoms with Gasteiger partial charge in [0.2, 0.25) is 0 Å². The van der Waals surface area contributed by atoms with E-state index in [9.17, 15) is 4.79 Å². The maximum absolute atomic E-state index is 12.6. The van der Waals surface area contributed by atoms with Crippen LogP contribution in [0.4, 0.5) is 0 Å². The summed E-state index contributed by atoms with van der Waals surface area (Å²) in [5.41, 5.74) is 0.564. The zero-order valence-corrected chi connectivity index (χ0v) is 13.5. The highest BCUT2D eigenvalue weighted by molar-refractivity contribution is 9.10. The molecule has 1 aromatic rings. The number of amides is 1. The summed E-state index contributed by atoms with van der Waals surface area (Å²) < 4.78 is 6.28. The van der Waals surface area contributed by atoms with Gasteiger partial charge in [-0.3, -0.25) is 4.79 Å². The second-order valence-electron chi connectivity index (χ2n) is 4.54. The summed E-state index contributed by atoms with van der Waals surface area (Å²) in [7, 11) is 0. The summed E-state index contributed by atoms with van der Waals surface area (Å²) in [6, 6.07) is 5.22.